The van der Waals surface area contributed by atoms with Crippen LogP contribution in [0.15, 0.2) is 42.5 Å². The highest BCUT2D eigenvalue weighted by atomic mass is 32.2. The van der Waals surface area contributed by atoms with Gasteiger partial charge >= 0.3 is 16.3 Å². The van der Waals surface area contributed by atoms with E-state index < -0.39 is 27.6 Å². The van der Waals surface area contributed by atoms with E-state index in [1.807, 2.05) is 0 Å². The van der Waals surface area contributed by atoms with Gasteiger partial charge in [-0.3, -0.25) is 0 Å². The third-order valence-electron chi connectivity index (χ3n) is 3.19. The smallest absolute Gasteiger partial charge is 0.416 e. The average molecular weight is 360 g/mol. The molecule has 0 atom stereocenters. The average Bonchev–Trinajstić information content (AvgIpc) is 2.48. The first-order chi connectivity index (χ1) is 11.1. The minimum atomic E-state index is -4.65. The van der Waals surface area contributed by atoms with Gasteiger partial charge in [0, 0.05) is 0 Å². The number of hydrogen-bond acceptors (Lipinski definition) is 4. The van der Waals surface area contributed by atoms with Gasteiger partial charge in [0.1, 0.15) is 5.75 Å². The van der Waals surface area contributed by atoms with E-state index in [-0.39, 0.29) is 17.1 Å². The number of hydrogen-bond donors (Lipinski definition) is 0. The number of halogens is 3. The molecule has 0 N–H and O–H groups in total. The summed E-state index contributed by atoms with van der Waals surface area (Å²) in [6.07, 6.45) is -4.65. The van der Waals surface area contributed by atoms with Crippen molar-refractivity contribution in [1.29, 1.82) is 0 Å². The van der Waals surface area contributed by atoms with Crippen LogP contribution in [0.25, 0.3) is 0 Å². The summed E-state index contributed by atoms with van der Waals surface area (Å²) in [5.74, 6) is -0.796. The van der Waals surface area contributed by atoms with Crippen molar-refractivity contribution in [3.05, 3.63) is 59.2 Å². The van der Waals surface area contributed by atoms with Crippen LogP contribution in [-0.4, -0.2) is 15.5 Å². The first-order valence-electron chi connectivity index (χ1n) is 6.84. The minimum Gasteiger partial charge on any atom is -0.493 e. The summed E-state index contributed by atoms with van der Waals surface area (Å²) in [4.78, 5) is 0. The Morgan fingerprint density at radius 3 is 2.33 bits per heavy atom. The summed E-state index contributed by atoms with van der Waals surface area (Å²) in [6, 6.07) is 9.04. The van der Waals surface area contributed by atoms with Crippen LogP contribution < -0.4 is 8.92 Å². The Morgan fingerprint density at radius 1 is 1.04 bits per heavy atom. The third-order valence-corrected chi connectivity index (χ3v) is 4.29. The van der Waals surface area contributed by atoms with Gasteiger partial charge < -0.3 is 8.92 Å². The zero-order valence-corrected chi connectivity index (χ0v) is 13.7. The molecular formula is C16H15F3O4S. The van der Waals surface area contributed by atoms with Gasteiger partial charge in [-0.05, 0) is 36.2 Å². The maximum atomic E-state index is 13.0. The van der Waals surface area contributed by atoms with Crippen molar-refractivity contribution in [1.82, 2.24) is 0 Å². The first kappa shape index (κ1) is 18.1. The molecule has 0 heterocycles. The topological polar surface area (TPSA) is 52.6 Å². The maximum Gasteiger partial charge on any atom is 0.416 e. The van der Waals surface area contributed by atoms with E-state index >= 15 is 0 Å². The zero-order valence-electron chi connectivity index (χ0n) is 12.9. The van der Waals surface area contributed by atoms with Crippen LogP contribution in [0, 0.1) is 6.92 Å². The van der Waals surface area contributed by atoms with E-state index in [2.05, 4.69) is 0 Å². The number of ether oxygens (including phenoxy) is 1. The molecular weight excluding hydrogens is 345 g/mol. The molecule has 0 bridgehead atoms. The summed E-state index contributed by atoms with van der Waals surface area (Å²) in [5, 5.41) is 0. The van der Waals surface area contributed by atoms with E-state index in [9.17, 15) is 21.6 Å². The van der Waals surface area contributed by atoms with Crippen LogP contribution in [0.3, 0.4) is 0 Å². The number of aryl methyl sites for hydroxylation is 1. The molecule has 8 heteroatoms. The molecule has 2 rings (SSSR count). The van der Waals surface area contributed by atoms with E-state index in [4.69, 9.17) is 8.92 Å². The third kappa shape index (κ3) is 4.41. The van der Waals surface area contributed by atoms with Crippen LogP contribution in [0.1, 0.15) is 16.7 Å². The highest BCUT2D eigenvalue weighted by Crippen LogP contribution is 2.34. The molecule has 2 aromatic rings. The van der Waals surface area contributed by atoms with Crippen LogP contribution in [-0.2, 0) is 22.0 Å². The van der Waals surface area contributed by atoms with Crippen LogP contribution >= 0.6 is 0 Å². The van der Waals surface area contributed by atoms with Crippen LogP contribution in [0.2, 0.25) is 0 Å². The second-order valence-corrected chi connectivity index (χ2v) is 6.67. The molecule has 0 aliphatic carbocycles. The van der Waals surface area contributed by atoms with Gasteiger partial charge in [0.15, 0.2) is 11.5 Å². The Kier molecular flexibility index (Phi) is 5.08. The molecule has 0 aliphatic rings. The molecule has 24 heavy (non-hydrogen) atoms. The predicted molar refractivity (Wildman–Crippen MR) is 82.4 cm³/mol. The largest absolute Gasteiger partial charge is 0.493 e. The molecule has 0 amide bonds. The first-order valence-corrected chi connectivity index (χ1v) is 8.42. The van der Waals surface area contributed by atoms with Gasteiger partial charge in [-0.15, -0.1) is 0 Å². The highest BCUT2D eigenvalue weighted by molar-refractivity contribution is 7.86. The van der Waals surface area contributed by atoms with Gasteiger partial charge in [-0.1, -0.05) is 24.3 Å². The Hall–Kier alpha value is -2.22. The molecule has 0 aromatic heterocycles. The van der Waals surface area contributed by atoms with Gasteiger partial charge in [-0.2, -0.15) is 21.6 Å². The Bertz CT molecular complexity index is 829. The molecule has 0 radical (unpaired) electrons. The molecule has 0 fully saturated rings. The van der Waals surface area contributed by atoms with E-state index in [1.165, 1.54) is 25.3 Å². The Balaban J connectivity index is 2.31. The summed E-state index contributed by atoms with van der Waals surface area (Å²) in [6.45, 7) is 1.78. The molecule has 0 saturated heterocycles. The van der Waals surface area contributed by atoms with Crippen molar-refractivity contribution < 1.29 is 30.5 Å². The van der Waals surface area contributed by atoms with Crippen molar-refractivity contribution in [2.24, 2.45) is 0 Å². The quantitative estimate of drug-likeness (QED) is 0.758. The van der Waals surface area contributed by atoms with Gasteiger partial charge in [-0.25, -0.2) is 0 Å². The Labute approximate surface area is 138 Å². The fourth-order valence-electron chi connectivity index (χ4n) is 2.12. The van der Waals surface area contributed by atoms with Crippen molar-refractivity contribution in [3.63, 3.8) is 0 Å². The van der Waals surface area contributed by atoms with E-state index in [0.29, 0.717) is 0 Å². The van der Waals surface area contributed by atoms with Crippen molar-refractivity contribution in [2.45, 2.75) is 18.9 Å². The summed E-state index contributed by atoms with van der Waals surface area (Å²) >= 11 is 0. The summed E-state index contributed by atoms with van der Waals surface area (Å²) < 4.78 is 73.1. The van der Waals surface area contributed by atoms with Crippen LogP contribution in [0.5, 0.6) is 11.5 Å². The van der Waals surface area contributed by atoms with Crippen molar-refractivity contribution in [3.8, 4) is 11.5 Å². The number of methoxy groups -OCH3 is 1. The highest BCUT2D eigenvalue weighted by Gasteiger charge is 2.34. The molecule has 2 aromatic carbocycles. The molecule has 0 unspecified atom stereocenters. The lowest BCUT2D eigenvalue weighted by molar-refractivity contribution is -0.138. The predicted octanol–water partition coefficient (Wildman–Crippen LogP) is 3.93. The van der Waals surface area contributed by atoms with Gasteiger partial charge in [0.2, 0.25) is 0 Å². The van der Waals surface area contributed by atoms with Gasteiger partial charge in [0.05, 0.1) is 12.7 Å². The van der Waals surface area contributed by atoms with Crippen molar-refractivity contribution in [2.75, 3.05) is 7.11 Å². The molecule has 0 aliphatic heterocycles. The summed E-state index contributed by atoms with van der Waals surface area (Å²) in [5.41, 5.74) is -0.567. The minimum absolute atomic E-state index is 0.0763. The lowest BCUT2D eigenvalue weighted by atomic mass is 10.1. The second-order valence-electron chi connectivity index (χ2n) is 5.09. The number of benzene rings is 2. The molecule has 130 valence electrons. The fourth-order valence-corrected chi connectivity index (χ4v) is 3.23. The standard InChI is InChI=1S/C16H15F3O4S/c1-11-7-8-14(15(9-11)22-2)23-24(20,21)10-12-5-3-4-6-13(12)16(17,18)19/h3-9H,10H2,1-2H3. The summed E-state index contributed by atoms with van der Waals surface area (Å²) in [7, 11) is -2.96. The normalized spacial score (nSPS) is 12.0. The fraction of sp³-hybridized carbons (Fsp3) is 0.250. The molecule has 0 saturated carbocycles. The van der Waals surface area contributed by atoms with E-state index in [0.717, 1.165) is 17.7 Å². The van der Waals surface area contributed by atoms with Gasteiger partial charge in [0.25, 0.3) is 0 Å². The maximum absolute atomic E-state index is 13.0. The number of rotatable bonds is 5. The lowest BCUT2D eigenvalue weighted by Crippen LogP contribution is -2.16. The van der Waals surface area contributed by atoms with Crippen LogP contribution in [0.4, 0.5) is 13.2 Å². The van der Waals surface area contributed by atoms with Crippen molar-refractivity contribution >= 4 is 10.1 Å². The second kappa shape index (κ2) is 6.72. The monoisotopic (exact) mass is 360 g/mol. The Morgan fingerprint density at radius 2 is 1.71 bits per heavy atom. The SMILES string of the molecule is COc1cc(C)ccc1OS(=O)(=O)Cc1ccccc1C(F)(F)F. The molecule has 0 spiro atoms. The zero-order chi connectivity index (χ0) is 18.0. The van der Waals surface area contributed by atoms with E-state index in [1.54, 1.807) is 19.1 Å². The number of alkyl halides is 3. The molecule has 4 nitrogen and oxygen atoms in total. The lowest BCUT2D eigenvalue weighted by Gasteiger charge is -2.14.